The lowest BCUT2D eigenvalue weighted by Gasteiger charge is -1.94. The standard InChI is InChI=1S/C7H11N2O2/c1-10-5-3-2-4-7-8-6-11-9-7/h6H,1-5H2. The van der Waals surface area contributed by atoms with Gasteiger partial charge in [-0.25, -0.2) is 0 Å². The molecule has 4 heteroatoms. The second-order valence-electron chi connectivity index (χ2n) is 2.21. The van der Waals surface area contributed by atoms with Crippen molar-refractivity contribution in [3.63, 3.8) is 0 Å². The zero-order chi connectivity index (χ0) is 7.94. The summed E-state index contributed by atoms with van der Waals surface area (Å²) in [6.45, 7) is 0.692. The van der Waals surface area contributed by atoms with Gasteiger partial charge >= 0.3 is 0 Å². The number of aryl methyl sites for hydroxylation is 1. The second kappa shape index (κ2) is 4.85. The van der Waals surface area contributed by atoms with E-state index in [-0.39, 0.29) is 0 Å². The lowest BCUT2D eigenvalue weighted by atomic mass is 10.2. The summed E-state index contributed by atoms with van der Waals surface area (Å²) in [5.74, 6) is 0.758. The summed E-state index contributed by atoms with van der Waals surface area (Å²) >= 11 is 0. The van der Waals surface area contributed by atoms with Gasteiger partial charge in [-0.1, -0.05) is 5.16 Å². The first-order valence-electron chi connectivity index (χ1n) is 3.55. The van der Waals surface area contributed by atoms with Crippen LogP contribution in [0.4, 0.5) is 0 Å². The van der Waals surface area contributed by atoms with Crippen molar-refractivity contribution >= 4 is 0 Å². The third kappa shape index (κ3) is 3.13. The van der Waals surface area contributed by atoms with Crippen LogP contribution in [-0.4, -0.2) is 16.7 Å². The molecule has 1 aromatic heterocycles. The Morgan fingerprint density at radius 1 is 1.55 bits per heavy atom. The number of hydrogen-bond acceptors (Lipinski definition) is 4. The molecule has 1 aromatic rings. The summed E-state index contributed by atoms with van der Waals surface area (Å²) in [6.07, 6.45) is 4.18. The normalized spacial score (nSPS) is 10.3. The molecule has 1 heterocycles. The number of aromatic nitrogens is 2. The third-order valence-corrected chi connectivity index (χ3v) is 1.35. The first kappa shape index (κ1) is 8.20. The molecule has 1 rings (SSSR count). The molecule has 0 amide bonds. The highest BCUT2D eigenvalue weighted by molar-refractivity contribution is 4.76. The Morgan fingerprint density at radius 2 is 2.45 bits per heavy atom. The maximum atomic E-state index is 4.65. The highest BCUT2D eigenvalue weighted by Crippen LogP contribution is 1.98. The quantitative estimate of drug-likeness (QED) is 0.599. The van der Waals surface area contributed by atoms with E-state index in [1.807, 2.05) is 0 Å². The van der Waals surface area contributed by atoms with E-state index in [4.69, 9.17) is 0 Å². The Morgan fingerprint density at radius 3 is 3.09 bits per heavy atom. The summed E-state index contributed by atoms with van der Waals surface area (Å²) in [5, 5.41) is 3.67. The molecule has 0 aliphatic rings. The molecule has 61 valence electrons. The van der Waals surface area contributed by atoms with E-state index in [0.29, 0.717) is 6.61 Å². The SMILES string of the molecule is [CH2]OCCCCc1ncon1. The van der Waals surface area contributed by atoms with Crippen LogP contribution >= 0.6 is 0 Å². The molecule has 11 heavy (non-hydrogen) atoms. The first-order valence-corrected chi connectivity index (χ1v) is 3.55. The molecule has 0 N–H and O–H groups in total. The van der Waals surface area contributed by atoms with Crippen LogP contribution in [0.2, 0.25) is 0 Å². The van der Waals surface area contributed by atoms with Gasteiger partial charge in [0.15, 0.2) is 5.82 Å². The fraction of sp³-hybridized carbons (Fsp3) is 0.571. The van der Waals surface area contributed by atoms with Crippen LogP contribution in [0.5, 0.6) is 0 Å². The third-order valence-electron chi connectivity index (χ3n) is 1.35. The molecular weight excluding hydrogens is 144 g/mol. The second-order valence-corrected chi connectivity index (χ2v) is 2.21. The van der Waals surface area contributed by atoms with Gasteiger partial charge < -0.3 is 9.26 Å². The van der Waals surface area contributed by atoms with Gasteiger partial charge in [0.25, 0.3) is 0 Å². The Kier molecular flexibility index (Phi) is 3.61. The highest BCUT2D eigenvalue weighted by Gasteiger charge is 1.96. The van der Waals surface area contributed by atoms with E-state index in [2.05, 4.69) is 26.5 Å². The van der Waals surface area contributed by atoms with Gasteiger partial charge in [-0.05, 0) is 12.8 Å². The molecular formula is C7H11N2O2. The zero-order valence-electron chi connectivity index (χ0n) is 6.32. The van der Waals surface area contributed by atoms with Gasteiger partial charge in [0.1, 0.15) is 0 Å². The summed E-state index contributed by atoms with van der Waals surface area (Å²) in [7, 11) is 3.27. The highest BCUT2D eigenvalue weighted by atomic mass is 16.5. The monoisotopic (exact) mass is 155 g/mol. The van der Waals surface area contributed by atoms with Gasteiger partial charge in [-0.15, -0.1) is 0 Å². The van der Waals surface area contributed by atoms with Crippen LogP contribution in [0.3, 0.4) is 0 Å². The largest absolute Gasteiger partial charge is 0.379 e. The molecule has 0 aromatic carbocycles. The van der Waals surface area contributed by atoms with Gasteiger partial charge in [0.2, 0.25) is 6.39 Å². The van der Waals surface area contributed by atoms with Crippen LogP contribution in [0.25, 0.3) is 0 Å². The van der Waals surface area contributed by atoms with Crippen LogP contribution in [-0.2, 0) is 11.2 Å². The van der Waals surface area contributed by atoms with E-state index >= 15 is 0 Å². The molecule has 0 saturated heterocycles. The van der Waals surface area contributed by atoms with Crippen molar-refractivity contribution in [3.8, 4) is 0 Å². The van der Waals surface area contributed by atoms with E-state index in [1.165, 1.54) is 6.39 Å². The molecule has 0 aliphatic carbocycles. The van der Waals surface area contributed by atoms with Crippen molar-refractivity contribution < 1.29 is 9.26 Å². The number of unbranched alkanes of at least 4 members (excludes halogenated alkanes) is 1. The summed E-state index contributed by atoms with van der Waals surface area (Å²) in [5.41, 5.74) is 0. The molecule has 0 fully saturated rings. The van der Waals surface area contributed by atoms with Crippen LogP contribution < -0.4 is 0 Å². The summed E-state index contributed by atoms with van der Waals surface area (Å²) in [4.78, 5) is 3.88. The Bertz CT molecular complexity index is 175. The molecule has 0 atom stereocenters. The van der Waals surface area contributed by atoms with E-state index in [1.54, 1.807) is 0 Å². The molecule has 1 radical (unpaired) electrons. The van der Waals surface area contributed by atoms with Gasteiger partial charge in [0.05, 0.1) is 7.11 Å². The van der Waals surface area contributed by atoms with Crippen molar-refractivity contribution in [2.24, 2.45) is 0 Å². The lowest BCUT2D eigenvalue weighted by Crippen LogP contribution is -1.91. The molecule has 0 bridgehead atoms. The van der Waals surface area contributed by atoms with Crippen LogP contribution in [0.1, 0.15) is 18.7 Å². The molecule has 0 spiro atoms. The fourth-order valence-electron chi connectivity index (χ4n) is 0.790. The topological polar surface area (TPSA) is 48.2 Å². The Balaban J connectivity index is 2.04. The van der Waals surface area contributed by atoms with Crippen molar-refractivity contribution in [1.29, 1.82) is 0 Å². The number of rotatable bonds is 5. The average molecular weight is 155 g/mol. The first-order chi connectivity index (χ1) is 5.43. The van der Waals surface area contributed by atoms with E-state index < -0.39 is 0 Å². The molecule has 4 nitrogen and oxygen atoms in total. The van der Waals surface area contributed by atoms with E-state index in [9.17, 15) is 0 Å². The zero-order valence-corrected chi connectivity index (χ0v) is 6.32. The number of ether oxygens (including phenoxy) is 1. The van der Waals surface area contributed by atoms with Gasteiger partial charge in [0, 0.05) is 13.0 Å². The van der Waals surface area contributed by atoms with Crippen LogP contribution in [0, 0.1) is 7.11 Å². The van der Waals surface area contributed by atoms with Gasteiger partial charge in [-0.2, -0.15) is 4.98 Å². The molecule has 0 aliphatic heterocycles. The van der Waals surface area contributed by atoms with Crippen molar-refractivity contribution in [1.82, 2.24) is 10.1 Å². The smallest absolute Gasteiger partial charge is 0.213 e. The minimum Gasteiger partial charge on any atom is -0.379 e. The summed E-state index contributed by atoms with van der Waals surface area (Å²) < 4.78 is 9.21. The minimum absolute atomic E-state index is 0.692. The predicted octanol–water partition coefficient (Wildman–Crippen LogP) is 1.20. The predicted molar refractivity (Wildman–Crippen MR) is 38.5 cm³/mol. The maximum Gasteiger partial charge on any atom is 0.213 e. The number of nitrogens with zero attached hydrogens (tertiary/aromatic N) is 2. The maximum absolute atomic E-state index is 4.65. The molecule has 0 saturated carbocycles. The van der Waals surface area contributed by atoms with Crippen LogP contribution in [0.15, 0.2) is 10.9 Å². The fourth-order valence-corrected chi connectivity index (χ4v) is 0.790. The number of hydrogen-bond donors (Lipinski definition) is 0. The minimum atomic E-state index is 0.692. The van der Waals surface area contributed by atoms with Gasteiger partial charge in [-0.3, -0.25) is 0 Å². The molecule has 0 unspecified atom stereocenters. The van der Waals surface area contributed by atoms with E-state index in [0.717, 1.165) is 25.1 Å². The Labute approximate surface area is 65.6 Å². The van der Waals surface area contributed by atoms with Crippen molar-refractivity contribution in [2.75, 3.05) is 6.61 Å². The van der Waals surface area contributed by atoms with Crippen molar-refractivity contribution in [2.45, 2.75) is 19.3 Å². The van der Waals surface area contributed by atoms with Crippen molar-refractivity contribution in [3.05, 3.63) is 19.3 Å². The average Bonchev–Trinajstić information content (AvgIpc) is 2.50. The Hall–Kier alpha value is -0.900. The lowest BCUT2D eigenvalue weighted by molar-refractivity contribution is 0.234. The summed E-state index contributed by atoms with van der Waals surface area (Å²) in [6, 6.07) is 0.